The molecule has 1 aliphatic rings. The molecule has 0 N–H and O–H groups in total. The van der Waals surface area contributed by atoms with Crippen LogP contribution >= 0.6 is 0 Å². The SMILES string of the molecule is CO[C](=[Cr])C1=C[CH]C=C1. The van der Waals surface area contributed by atoms with Crippen molar-refractivity contribution in [1.29, 1.82) is 0 Å². The van der Waals surface area contributed by atoms with Crippen molar-refractivity contribution in [3.05, 3.63) is 30.2 Å². The van der Waals surface area contributed by atoms with Crippen LogP contribution in [0.15, 0.2) is 23.8 Å². The molecule has 0 saturated heterocycles. The maximum atomic E-state index is 4.96. The molecule has 1 radical (unpaired) electrons. The number of rotatable bonds is 2. The summed E-state index contributed by atoms with van der Waals surface area (Å²) in [6.07, 6.45) is 7.95. The second-order valence-corrected chi connectivity index (χ2v) is 2.24. The minimum absolute atomic E-state index is 0.847. The van der Waals surface area contributed by atoms with Crippen LogP contribution in [-0.2, 0) is 20.6 Å². The van der Waals surface area contributed by atoms with E-state index >= 15 is 0 Å². The summed E-state index contributed by atoms with van der Waals surface area (Å²) in [6.45, 7) is 0. The molecule has 0 aliphatic heterocycles. The maximum absolute atomic E-state index is 4.96. The molecule has 0 bridgehead atoms. The van der Waals surface area contributed by atoms with Crippen molar-refractivity contribution in [3.8, 4) is 0 Å². The first-order chi connectivity index (χ1) is 4.34. The van der Waals surface area contributed by atoms with Crippen LogP contribution in [0.4, 0.5) is 0 Å². The molecule has 47 valence electrons. The summed E-state index contributed by atoms with van der Waals surface area (Å²) < 4.78 is 5.80. The third kappa shape index (κ3) is 1.62. The average molecular weight is 159 g/mol. The van der Waals surface area contributed by atoms with Crippen molar-refractivity contribution in [2.75, 3.05) is 7.11 Å². The van der Waals surface area contributed by atoms with Crippen molar-refractivity contribution in [3.63, 3.8) is 0 Å². The minimum atomic E-state index is 0.847. The Hall–Kier alpha value is -0.158. The molecule has 0 aromatic rings. The fourth-order valence-corrected chi connectivity index (χ4v) is 0.840. The first-order valence-electron chi connectivity index (χ1n) is 2.64. The van der Waals surface area contributed by atoms with E-state index in [4.69, 9.17) is 4.74 Å². The molecule has 0 heterocycles. The van der Waals surface area contributed by atoms with Gasteiger partial charge >= 0.3 is 62.5 Å². The van der Waals surface area contributed by atoms with E-state index < -0.39 is 0 Å². The van der Waals surface area contributed by atoms with Gasteiger partial charge in [0.2, 0.25) is 0 Å². The Morgan fingerprint density at radius 3 is 2.89 bits per heavy atom. The zero-order valence-electron chi connectivity index (χ0n) is 5.13. The van der Waals surface area contributed by atoms with Crippen LogP contribution in [0.5, 0.6) is 0 Å². The quantitative estimate of drug-likeness (QED) is 0.584. The Kier molecular flexibility index (Phi) is 2.41. The summed E-state index contributed by atoms with van der Waals surface area (Å²) in [6, 6.07) is 0. The third-order valence-corrected chi connectivity index (χ3v) is 1.71. The van der Waals surface area contributed by atoms with Gasteiger partial charge in [0.15, 0.2) is 0 Å². The normalized spacial score (nSPS) is 15.9. The van der Waals surface area contributed by atoms with Crippen molar-refractivity contribution in [2.45, 2.75) is 0 Å². The van der Waals surface area contributed by atoms with E-state index in [2.05, 4.69) is 15.9 Å². The summed E-state index contributed by atoms with van der Waals surface area (Å²) in [5.41, 5.74) is 1.11. The van der Waals surface area contributed by atoms with Crippen molar-refractivity contribution in [2.24, 2.45) is 0 Å². The zero-order chi connectivity index (χ0) is 6.69. The number of allylic oxidation sites excluding steroid dienone is 2. The second kappa shape index (κ2) is 3.12. The van der Waals surface area contributed by atoms with E-state index in [-0.39, 0.29) is 0 Å². The Morgan fingerprint density at radius 1 is 1.67 bits per heavy atom. The monoisotopic (exact) mass is 159 g/mol. The molecule has 1 aliphatic carbocycles. The Labute approximate surface area is 63.0 Å². The van der Waals surface area contributed by atoms with Gasteiger partial charge in [-0.05, 0) is 0 Å². The fourth-order valence-electron chi connectivity index (χ4n) is 0.628. The third-order valence-electron chi connectivity index (χ3n) is 1.08. The molecule has 0 fully saturated rings. The molecule has 1 nitrogen and oxygen atoms in total. The Bertz CT molecular complexity index is 179. The van der Waals surface area contributed by atoms with Gasteiger partial charge in [0.1, 0.15) is 0 Å². The molecule has 1 rings (SSSR count). The van der Waals surface area contributed by atoms with Gasteiger partial charge in [-0.3, -0.25) is 0 Å². The van der Waals surface area contributed by atoms with Gasteiger partial charge in [0, 0.05) is 0 Å². The summed E-state index contributed by atoms with van der Waals surface area (Å²) >= 11 is 2.82. The van der Waals surface area contributed by atoms with Gasteiger partial charge in [-0.25, -0.2) is 0 Å². The predicted molar refractivity (Wildman–Crippen MR) is 33.5 cm³/mol. The van der Waals surface area contributed by atoms with Crippen molar-refractivity contribution >= 4 is 4.57 Å². The summed E-state index contributed by atoms with van der Waals surface area (Å²) in [7, 11) is 1.65. The molecule has 0 unspecified atom stereocenters. The van der Waals surface area contributed by atoms with Crippen LogP contribution in [0.3, 0.4) is 0 Å². The summed E-state index contributed by atoms with van der Waals surface area (Å²) in [4.78, 5) is 0. The molecule has 9 heavy (non-hydrogen) atoms. The van der Waals surface area contributed by atoms with Gasteiger partial charge in [-0.1, -0.05) is 0 Å². The van der Waals surface area contributed by atoms with Crippen LogP contribution in [-0.4, -0.2) is 11.7 Å². The first kappa shape index (κ1) is 6.96. The number of ether oxygens (including phenoxy) is 1. The molecule has 0 saturated carbocycles. The van der Waals surface area contributed by atoms with E-state index in [9.17, 15) is 0 Å². The average Bonchev–Trinajstić information content (AvgIpc) is 2.37. The molecular weight excluding hydrogens is 152 g/mol. The van der Waals surface area contributed by atoms with E-state index in [1.807, 2.05) is 24.6 Å². The van der Waals surface area contributed by atoms with Gasteiger partial charge in [-0.2, -0.15) is 0 Å². The predicted octanol–water partition coefficient (Wildman–Crippen LogP) is 1.01. The Balaban J connectivity index is 2.62. The summed E-state index contributed by atoms with van der Waals surface area (Å²) in [5, 5.41) is 0. The Morgan fingerprint density at radius 2 is 2.44 bits per heavy atom. The van der Waals surface area contributed by atoms with Crippen LogP contribution in [0, 0.1) is 6.42 Å². The fraction of sp³-hybridized carbons (Fsp3) is 0.143. The zero-order valence-corrected chi connectivity index (χ0v) is 6.40. The van der Waals surface area contributed by atoms with E-state index in [0.717, 1.165) is 10.1 Å². The van der Waals surface area contributed by atoms with E-state index in [1.165, 1.54) is 0 Å². The van der Waals surface area contributed by atoms with Crippen LogP contribution < -0.4 is 0 Å². The van der Waals surface area contributed by atoms with Crippen molar-refractivity contribution < 1.29 is 20.6 Å². The number of hydrogen-bond acceptors (Lipinski definition) is 1. The summed E-state index contributed by atoms with van der Waals surface area (Å²) in [5.74, 6) is 0. The second-order valence-electron chi connectivity index (χ2n) is 1.67. The molecule has 0 aromatic carbocycles. The van der Waals surface area contributed by atoms with E-state index in [0.29, 0.717) is 0 Å². The van der Waals surface area contributed by atoms with Crippen LogP contribution in [0.2, 0.25) is 0 Å². The van der Waals surface area contributed by atoms with Crippen molar-refractivity contribution in [1.82, 2.24) is 0 Å². The first-order valence-corrected chi connectivity index (χ1v) is 3.28. The molecule has 2 heteroatoms. The number of hydrogen-bond donors (Lipinski definition) is 0. The molecule has 0 aromatic heterocycles. The molecular formula is C7H7CrO. The van der Waals surface area contributed by atoms with Gasteiger partial charge < -0.3 is 0 Å². The molecule has 0 spiro atoms. The van der Waals surface area contributed by atoms with Gasteiger partial charge in [-0.15, -0.1) is 0 Å². The van der Waals surface area contributed by atoms with Gasteiger partial charge in [0.05, 0.1) is 0 Å². The molecule has 0 amide bonds. The van der Waals surface area contributed by atoms with Gasteiger partial charge in [0.25, 0.3) is 0 Å². The number of methoxy groups -OCH3 is 1. The molecule has 0 atom stereocenters. The standard InChI is InChI=1S/C7H7O.Cr/c1-8-6-7-4-2-3-5-7;/h2-5H,1H3;. The van der Waals surface area contributed by atoms with E-state index in [1.54, 1.807) is 7.11 Å². The van der Waals surface area contributed by atoms with Crippen LogP contribution in [0.25, 0.3) is 0 Å². The van der Waals surface area contributed by atoms with Crippen LogP contribution in [0.1, 0.15) is 0 Å². The topological polar surface area (TPSA) is 9.23 Å².